The third kappa shape index (κ3) is 7.29. The molecule has 0 bridgehead atoms. The van der Waals surface area contributed by atoms with E-state index < -0.39 is 10.0 Å². The van der Waals surface area contributed by atoms with E-state index in [1.807, 2.05) is 30.3 Å². The minimum atomic E-state index is -3.65. The summed E-state index contributed by atoms with van der Waals surface area (Å²) in [5, 5.41) is 2.78. The second-order valence-electron chi connectivity index (χ2n) is 8.00. The molecule has 35 heavy (non-hydrogen) atoms. The lowest BCUT2D eigenvalue weighted by Gasteiger charge is -2.12. The lowest BCUT2D eigenvalue weighted by molar-refractivity contribution is 0.102. The number of hydrogen-bond acceptors (Lipinski definition) is 6. The van der Waals surface area contributed by atoms with Gasteiger partial charge in [0, 0.05) is 24.4 Å². The molecule has 1 heterocycles. The van der Waals surface area contributed by atoms with Crippen molar-refractivity contribution in [2.45, 2.75) is 23.8 Å². The Morgan fingerprint density at radius 2 is 1.63 bits per heavy atom. The smallest absolute Gasteiger partial charge is 0.255 e. The summed E-state index contributed by atoms with van der Waals surface area (Å²) in [7, 11) is -3.65. The van der Waals surface area contributed by atoms with E-state index in [1.54, 1.807) is 36.4 Å². The molecule has 1 aliphatic rings. The van der Waals surface area contributed by atoms with Crippen molar-refractivity contribution in [2.24, 2.45) is 0 Å². The van der Waals surface area contributed by atoms with E-state index in [0.717, 1.165) is 18.6 Å². The fourth-order valence-electron chi connectivity index (χ4n) is 3.57. The van der Waals surface area contributed by atoms with E-state index in [2.05, 4.69) is 10.0 Å². The third-order valence-corrected chi connectivity index (χ3v) is 6.85. The van der Waals surface area contributed by atoms with Gasteiger partial charge in [0.05, 0.1) is 11.0 Å². The van der Waals surface area contributed by atoms with Crippen molar-refractivity contribution >= 4 is 21.6 Å². The number of para-hydroxylation sites is 1. The molecule has 0 spiro atoms. The number of hydrogen-bond donors (Lipinski definition) is 2. The molecule has 0 saturated carbocycles. The van der Waals surface area contributed by atoms with E-state index in [1.165, 1.54) is 12.1 Å². The van der Waals surface area contributed by atoms with Gasteiger partial charge in [-0.25, -0.2) is 13.1 Å². The zero-order chi connectivity index (χ0) is 24.5. The van der Waals surface area contributed by atoms with Crippen LogP contribution >= 0.6 is 0 Å². The van der Waals surface area contributed by atoms with Crippen LogP contribution in [0.15, 0.2) is 83.8 Å². The van der Waals surface area contributed by atoms with Gasteiger partial charge in [0.15, 0.2) is 0 Å². The van der Waals surface area contributed by atoms with Crippen molar-refractivity contribution in [3.05, 3.63) is 84.4 Å². The summed E-state index contributed by atoms with van der Waals surface area (Å²) >= 11 is 0. The number of ether oxygens (including phenoxy) is 3. The molecule has 1 amide bonds. The van der Waals surface area contributed by atoms with Crippen LogP contribution in [0.25, 0.3) is 0 Å². The van der Waals surface area contributed by atoms with Crippen LogP contribution in [-0.4, -0.2) is 46.8 Å². The number of amides is 1. The molecule has 1 saturated heterocycles. The summed E-state index contributed by atoms with van der Waals surface area (Å²) in [4.78, 5) is 12.8. The van der Waals surface area contributed by atoms with Gasteiger partial charge in [0.25, 0.3) is 5.91 Å². The predicted molar refractivity (Wildman–Crippen MR) is 132 cm³/mol. The van der Waals surface area contributed by atoms with Crippen LogP contribution in [0, 0.1) is 0 Å². The van der Waals surface area contributed by atoms with Crippen LogP contribution in [0.3, 0.4) is 0 Å². The van der Waals surface area contributed by atoms with Gasteiger partial charge >= 0.3 is 0 Å². The van der Waals surface area contributed by atoms with Gasteiger partial charge in [-0.3, -0.25) is 4.79 Å². The van der Waals surface area contributed by atoms with Gasteiger partial charge in [-0.2, -0.15) is 0 Å². The Balaban J connectivity index is 1.28. The standard InChI is InChI=1S/C26H28N2O6S/c29-26(20-6-4-9-23(18-20)34-17-16-33-22-7-2-1-3-8-22)28-21-11-13-25(14-12-21)35(30,31)27-19-24-10-5-15-32-24/h1-4,6-9,11-14,18,24,27H,5,10,15-17,19H2,(H,28,29). The van der Waals surface area contributed by atoms with Crippen molar-refractivity contribution in [1.82, 2.24) is 4.72 Å². The highest BCUT2D eigenvalue weighted by Crippen LogP contribution is 2.18. The van der Waals surface area contributed by atoms with E-state index in [9.17, 15) is 13.2 Å². The first-order chi connectivity index (χ1) is 17.0. The Morgan fingerprint density at radius 1 is 0.914 bits per heavy atom. The molecule has 1 fully saturated rings. The lowest BCUT2D eigenvalue weighted by atomic mass is 10.2. The summed E-state index contributed by atoms with van der Waals surface area (Å²) in [6.07, 6.45) is 1.71. The Bertz CT molecular complexity index is 1210. The molecule has 4 rings (SSSR count). The second-order valence-corrected chi connectivity index (χ2v) is 9.77. The van der Waals surface area contributed by atoms with Crippen LogP contribution < -0.4 is 19.5 Å². The number of benzene rings is 3. The van der Waals surface area contributed by atoms with Gasteiger partial charge in [-0.15, -0.1) is 0 Å². The average molecular weight is 497 g/mol. The molecule has 1 unspecified atom stereocenters. The predicted octanol–water partition coefficient (Wildman–Crippen LogP) is 3.85. The SMILES string of the molecule is O=C(Nc1ccc(S(=O)(=O)NCC2CCCO2)cc1)c1cccc(OCCOc2ccccc2)c1. The van der Waals surface area contributed by atoms with Gasteiger partial charge in [-0.05, 0) is 67.4 Å². The number of carbonyl (C=O) groups is 1. The summed E-state index contributed by atoms with van der Waals surface area (Å²) in [6, 6.07) is 22.3. The summed E-state index contributed by atoms with van der Waals surface area (Å²) < 4.78 is 44.3. The van der Waals surface area contributed by atoms with Crippen LogP contribution in [0.4, 0.5) is 5.69 Å². The van der Waals surface area contributed by atoms with Gasteiger partial charge in [0.2, 0.25) is 10.0 Å². The molecule has 9 heteroatoms. The van der Waals surface area contributed by atoms with Crippen LogP contribution in [0.2, 0.25) is 0 Å². The number of anilines is 1. The summed E-state index contributed by atoms with van der Waals surface area (Å²) in [5.74, 6) is 0.984. The first kappa shape index (κ1) is 24.7. The molecular weight excluding hydrogens is 468 g/mol. The molecule has 0 aromatic heterocycles. The monoisotopic (exact) mass is 496 g/mol. The summed E-state index contributed by atoms with van der Waals surface area (Å²) in [5.41, 5.74) is 0.900. The van der Waals surface area contributed by atoms with E-state index in [4.69, 9.17) is 14.2 Å². The topological polar surface area (TPSA) is 103 Å². The number of sulfonamides is 1. The van der Waals surface area contributed by atoms with Crippen molar-refractivity contribution < 1.29 is 27.4 Å². The van der Waals surface area contributed by atoms with Crippen LogP contribution in [0.1, 0.15) is 23.2 Å². The van der Waals surface area contributed by atoms with Gasteiger partial charge in [0.1, 0.15) is 24.7 Å². The lowest BCUT2D eigenvalue weighted by Crippen LogP contribution is -2.31. The molecule has 3 aromatic rings. The molecule has 1 aliphatic heterocycles. The molecule has 1 atom stereocenters. The van der Waals surface area contributed by atoms with Crippen molar-refractivity contribution in [3.8, 4) is 11.5 Å². The van der Waals surface area contributed by atoms with E-state index in [-0.39, 0.29) is 23.5 Å². The maximum Gasteiger partial charge on any atom is 0.255 e. The molecule has 3 aromatic carbocycles. The largest absolute Gasteiger partial charge is 0.490 e. The molecule has 8 nitrogen and oxygen atoms in total. The fraction of sp³-hybridized carbons (Fsp3) is 0.269. The van der Waals surface area contributed by atoms with Crippen molar-refractivity contribution in [1.29, 1.82) is 0 Å². The second kappa shape index (κ2) is 11.8. The molecular formula is C26H28N2O6S. The van der Waals surface area contributed by atoms with Crippen molar-refractivity contribution in [2.75, 3.05) is 31.7 Å². The first-order valence-electron chi connectivity index (χ1n) is 11.4. The highest BCUT2D eigenvalue weighted by molar-refractivity contribution is 7.89. The number of carbonyl (C=O) groups excluding carboxylic acids is 1. The zero-order valence-corrected chi connectivity index (χ0v) is 20.0. The Hall–Kier alpha value is -3.40. The van der Waals surface area contributed by atoms with E-state index >= 15 is 0 Å². The zero-order valence-electron chi connectivity index (χ0n) is 19.2. The number of nitrogens with one attached hydrogen (secondary N) is 2. The minimum Gasteiger partial charge on any atom is -0.490 e. The van der Waals surface area contributed by atoms with E-state index in [0.29, 0.717) is 36.8 Å². The van der Waals surface area contributed by atoms with Gasteiger partial charge < -0.3 is 19.5 Å². The van der Waals surface area contributed by atoms with Crippen molar-refractivity contribution in [3.63, 3.8) is 0 Å². The fourth-order valence-corrected chi connectivity index (χ4v) is 4.64. The maximum absolute atomic E-state index is 12.7. The first-order valence-corrected chi connectivity index (χ1v) is 12.9. The normalized spacial score (nSPS) is 15.5. The Morgan fingerprint density at radius 3 is 2.34 bits per heavy atom. The molecule has 0 aliphatic carbocycles. The quantitative estimate of drug-likeness (QED) is 0.391. The maximum atomic E-state index is 12.7. The Kier molecular flexibility index (Phi) is 8.36. The minimum absolute atomic E-state index is 0.0838. The number of rotatable bonds is 11. The molecule has 184 valence electrons. The van der Waals surface area contributed by atoms with Crippen LogP contribution in [-0.2, 0) is 14.8 Å². The van der Waals surface area contributed by atoms with Crippen LogP contribution in [0.5, 0.6) is 11.5 Å². The summed E-state index contributed by atoms with van der Waals surface area (Å²) in [6.45, 7) is 1.62. The molecule has 0 radical (unpaired) electrons. The average Bonchev–Trinajstić information content (AvgIpc) is 3.41. The highest BCUT2D eigenvalue weighted by atomic mass is 32.2. The third-order valence-electron chi connectivity index (χ3n) is 5.41. The highest BCUT2D eigenvalue weighted by Gasteiger charge is 2.20. The van der Waals surface area contributed by atoms with Gasteiger partial charge in [-0.1, -0.05) is 24.3 Å². The molecule has 2 N–H and O–H groups in total. The Labute approximate surface area is 205 Å².